The summed E-state index contributed by atoms with van der Waals surface area (Å²) in [7, 11) is 0. The second kappa shape index (κ2) is 8.01. The molecular weight excluding hydrogens is 334 g/mol. The number of aryl methyl sites for hydroxylation is 1. The van der Waals surface area contributed by atoms with Crippen LogP contribution in [-0.4, -0.2) is 24.3 Å². The van der Waals surface area contributed by atoms with Gasteiger partial charge in [-0.25, -0.2) is 0 Å². The number of benzene rings is 3. The number of phenols is 1. The third-order valence-corrected chi connectivity index (χ3v) is 5.45. The zero-order valence-electron chi connectivity index (χ0n) is 15.8. The predicted molar refractivity (Wildman–Crippen MR) is 111 cm³/mol. The molecule has 2 atom stereocenters. The van der Waals surface area contributed by atoms with Crippen LogP contribution >= 0.6 is 0 Å². The molecule has 0 aromatic heterocycles. The summed E-state index contributed by atoms with van der Waals surface area (Å²) in [4.78, 5) is 0. The maximum atomic E-state index is 10.2. The lowest BCUT2D eigenvalue weighted by atomic mass is 9.85. The number of aromatic hydroxyl groups is 1. The van der Waals surface area contributed by atoms with Gasteiger partial charge in [0.25, 0.3) is 0 Å². The lowest BCUT2D eigenvalue weighted by Crippen LogP contribution is -2.41. The van der Waals surface area contributed by atoms with Crippen LogP contribution in [0.3, 0.4) is 0 Å². The number of hydrogen-bond acceptors (Lipinski definition) is 3. The molecule has 140 valence electrons. The summed E-state index contributed by atoms with van der Waals surface area (Å²) in [5.41, 5.74) is 2.51. The van der Waals surface area contributed by atoms with Crippen LogP contribution in [0.2, 0.25) is 0 Å². The monoisotopic (exact) mass is 361 g/mol. The SMILES string of the molecule is CCCc1ccc(OC2CCNCC2c2cc(O)cc3ccccc23)cc1. The van der Waals surface area contributed by atoms with Crippen LogP contribution in [-0.2, 0) is 6.42 Å². The van der Waals surface area contributed by atoms with Gasteiger partial charge in [-0.2, -0.15) is 0 Å². The first-order chi connectivity index (χ1) is 13.2. The van der Waals surface area contributed by atoms with Gasteiger partial charge in [-0.05, 0) is 65.6 Å². The van der Waals surface area contributed by atoms with Gasteiger partial charge in [-0.15, -0.1) is 0 Å². The molecule has 1 aliphatic rings. The fourth-order valence-electron chi connectivity index (χ4n) is 4.11. The molecule has 1 saturated heterocycles. The summed E-state index contributed by atoms with van der Waals surface area (Å²) in [6, 6.07) is 20.5. The first kappa shape index (κ1) is 17.9. The minimum Gasteiger partial charge on any atom is -0.508 e. The predicted octanol–water partition coefficient (Wildman–Crippen LogP) is 5.02. The van der Waals surface area contributed by atoms with Crippen molar-refractivity contribution in [3.8, 4) is 11.5 Å². The number of nitrogens with one attached hydrogen (secondary N) is 1. The summed E-state index contributed by atoms with van der Waals surface area (Å²) in [5, 5.41) is 16.0. The quantitative estimate of drug-likeness (QED) is 0.670. The molecule has 0 aliphatic carbocycles. The van der Waals surface area contributed by atoms with Gasteiger partial charge >= 0.3 is 0 Å². The summed E-state index contributed by atoms with van der Waals surface area (Å²) in [6.07, 6.45) is 3.30. The van der Waals surface area contributed by atoms with Crippen molar-refractivity contribution in [2.45, 2.75) is 38.2 Å². The molecule has 3 heteroatoms. The van der Waals surface area contributed by atoms with Gasteiger partial charge in [0.15, 0.2) is 0 Å². The molecule has 0 radical (unpaired) electrons. The molecule has 1 fully saturated rings. The van der Waals surface area contributed by atoms with Gasteiger partial charge in [-0.3, -0.25) is 0 Å². The van der Waals surface area contributed by atoms with Gasteiger partial charge in [0, 0.05) is 12.5 Å². The van der Waals surface area contributed by atoms with E-state index in [2.05, 4.69) is 54.7 Å². The van der Waals surface area contributed by atoms with Crippen LogP contribution in [0, 0.1) is 0 Å². The maximum Gasteiger partial charge on any atom is 0.119 e. The molecule has 3 aromatic carbocycles. The van der Waals surface area contributed by atoms with Crippen LogP contribution in [0.5, 0.6) is 11.5 Å². The average Bonchev–Trinajstić information content (AvgIpc) is 2.69. The molecule has 3 aromatic rings. The molecule has 2 unspecified atom stereocenters. The van der Waals surface area contributed by atoms with Gasteiger partial charge in [0.1, 0.15) is 17.6 Å². The number of phenolic OH excluding ortho intramolecular Hbond substituents is 1. The van der Waals surface area contributed by atoms with Crippen LogP contribution in [0.1, 0.15) is 36.8 Å². The van der Waals surface area contributed by atoms with Gasteiger partial charge in [-0.1, -0.05) is 49.7 Å². The Morgan fingerprint density at radius 1 is 1.07 bits per heavy atom. The van der Waals surface area contributed by atoms with Crippen LogP contribution < -0.4 is 10.1 Å². The molecule has 1 aliphatic heterocycles. The number of rotatable bonds is 5. The number of ether oxygens (including phenoxy) is 1. The Morgan fingerprint density at radius 2 is 1.89 bits per heavy atom. The van der Waals surface area contributed by atoms with E-state index in [0.717, 1.165) is 49.1 Å². The summed E-state index contributed by atoms with van der Waals surface area (Å²) in [6.45, 7) is 4.00. The van der Waals surface area contributed by atoms with Crippen LogP contribution in [0.4, 0.5) is 0 Å². The Balaban J connectivity index is 1.63. The van der Waals surface area contributed by atoms with Gasteiger partial charge in [0.2, 0.25) is 0 Å². The zero-order chi connectivity index (χ0) is 18.6. The highest BCUT2D eigenvalue weighted by Crippen LogP contribution is 2.35. The number of fused-ring (bicyclic) bond motifs is 1. The highest BCUT2D eigenvalue weighted by atomic mass is 16.5. The van der Waals surface area contributed by atoms with Crippen LogP contribution in [0.15, 0.2) is 60.7 Å². The van der Waals surface area contributed by atoms with E-state index in [1.165, 1.54) is 10.9 Å². The Kier molecular flexibility index (Phi) is 5.30. The number of piperidine rings is 1. The second-order valence-electron chi connectivity index (χ2n) is 7.41. The van der Waals surface area contributed by atoms with Crippen molar-refractivity contribution in [3.63, 3.8) is 0 Å². The summed E-state index contributed by atoms with van der Waals surface area (Å²) >= 11 is 0. The smallest absolute Gasteiger partial charge is 0.119 e. The summed E-state index contributed by atoms with van der Waals surface area (Å²) < 4.78 is 6.42. The minimum atomic E-state index is 0.0912. The third kappa shape index (κ3) is 3.93. The van der Waals surface area contributed by atoms with E-state index in [4.69, 9.17) is 4.74 Å². The minimum absolute atomic E-state index is 0.0912. The maximum absolute atomic E-state index is 10.2. The first-order valence-electron chi connectivity index (χ1n) is 9.92. The molecule has 0 spiro atoms. The topological polar surface area (TPSA) is 41.5 Å². The van der Waals surface area contributed by atoms with Crippen molar-refractivity contribution in [2.24, 2.45) is 0 Å². The lowest BCUT2D eigenvalue weighted by Gasteiger charge is -2.33. The van der Waals surface area contributed by atoms with E-state index in [0.29, 0.717) is 5.75 Å². The first-order valence-corrected chi connectivity index (χ1v) is 9.92. The fraction of sp³-hybridized carbons (Fsp3) is 0.333. The van der Waals surface area contributed by atoms with E-state index < -0.39 is 0 Å². The van der Waals surface area contributed by atoms with E-state index in [9.17, 15) is 5.11 Å². The fourth-order valence-corrected chi connectivity index (χ4v) is 4.11. The third-order valence-electron chi connectivity index (χ3n) is 5.45. The highest BCUT2D eigenvalue weighted by Gasteiger charge is 2.29. The zero-order valence-corrected chi connectivity index (χ0v) is 15.8. The van der Waals surface area contributed by atoms with Gasteiger partial charge in [0.05, 0.1) is 0 Å². The lowest BCUT2D eigenvalue weighted by molar-refractivity contribution is 0.139. The van der Waals surface area contributed by atoms with Crippen molar-refractivity contribution in [2.75, 3.05) is 13.1 Å². The molecule has 0 saturated carbocycles. The standard InChI is InChI=1S/C24H27NO2/c1-2-5-17-8-10-20(11-9-17)27-24-12-13-25-16-23(24)22-15-19(26)14-18-6-3-4-7-21(18)22/h3-4,6-11,14-15,23-26H,2,5,12-13,16H2,1H3. The second-order valence-corrected chi connectivity index (χ2v) is 7.41. The van der Waals surface area contributed by atoms with Crippen molar-refractivity contribution in [1.29, 1.82) is 0 Å². The molecule has 3 nitrogen and oxygen atoms in total. The average molecular weight is 361 g/mol. The van der Waals surface area contributed by atoms with Crippen molar-refractivity contribution < 1.29 is 9.84 Å². The van der Waals surface area contributed by atoms with E-state index in [1.807, 2.05) is 18.2 Å². The Morgan fingerprint density at radius 3 is 2.70 bits per heavy atom. The van der Waals surface area contributed by atoms with Crippen molar-refractivity contribution in [1.82, 2.24) is 5.32 Å². The van der Waals surface area contributed by atoms with E-state index >= 15 is 0 Å². The molecule has 4 rings (SSSR count). The Hall–Kier alpha value is -2.52. The summed E-state index contributed by atoms with van der Waals surface area (Å²) in [5.74, 6) is 1.44. The molecule has 2 N–H and O–H groups in total. The molecule has 0 bridgehead atoms. The molecule has 0 amide bonds. The van der Waals surface area contributed by atoms with Crippen molar-refractivity contribution >= 4 is 10.8 Å². The number of hydrogen-bond donors (Lipinski definition) is 2. The highest BCUT2D eigenvalue weighted by molar-refractivity contribution is 5.87. The molecule has 1 heterocycles. The molecule has 27 heavy (non-hydrogen) atoms. The Labute approximate surface area is 161 Å². The normalized spacial score (nSPS) is 19.9. The molecular formula is C24H27NO2. The Bertz CT molecular complexity index is 904. The largest absolute Gasteiger partial charge is 0.508 e. The van der Waals surface area contributed by atoms with Gasteiger partial charge < -0.3 is 15.2 Å². The van der Waals surface area contributed by atoms with Crippen molar-refractivity contribution in [3.05, 3.63) is 71.8 Å². The van der Waals surface area contributed by atoms with E-state index in [-0.39, 0.29) is 12.0 Å². The van der Waals surface area contributed by atoms with Crippen LogP contribution in [0.25, 0.3) is 10.8 Å². The van der Waals surface area contributed by atoms with E-state index in [1.54, 1.807) is 0 Å².